The van der Waals surface area contributed by atoms with E-state index in [9.17, 15) is 4.79 Å². The number of nitrogens with zero attached hydrogens (tertiary/aromatic N) is 1. The Morgan fingerprint density at radius 1 is 1.30 bits per heavy atom. The Morgan fingerprint density at radius 2 is 2.05 bits per heavy atom. The van der Waals surface area contributed by atoms with Gasteiger partial charge in [0.2, 0.25) is 0 Å². The second-order valence-corrected chi connectivity index (χ2v) is 6.44. The van der Waals surface area contributed by atoms with Crippen LogP contribution in [0.15, 0.2) is 6.33 Å². The number of H-pyrrole nitrogens is 1. The van der Waals surface area contributed by atoms with Crippen molar-refractivity contribution in [2.24, 2.45) is 11.8 Å². The first-order chi connectivity index (χ1) is 9.61. The number of carbonyl (C=O) groups excluding carboxylic acids is 1. The number of fused-ring (bicyclic) bond motifs is 1. The Labute approximate surface area is 119 Å². The second kappa shape index (κ2) is 5.56. The first-order valence-electron chi connectivity index (χ1n) is 7.56. The molecule has 0 saturated heterocycles. The molecule has 0 spiro atoms. The van der Waals surface area contributed by atoms with Gasteiger partial charge in [0, 0.05) is 13.0 Å². The van der Waals surface area contributed by atoms with E-state index in [2.05, 4.69) is 29.1 Å². The largest absolute Gasteiger partial charge is 0.461 e. The molecule has 110 valence electrons. The van der Waals surface area contributed by atoms with E-state index in [1.807, 2.05) is 0 Å². The predicted octanol–water partition coefficient (Wildman–Crippen LogP) is 1.79. The number of hydrogen-bond acceptors (Lipinski definition) is 4. The zero-order valence-corrected chi connectivity index (χ0v) is 12.2. The van der Waals surface area contributed by atoms with Crippen molar-refractivity contribution in [3.8, 4) is 0 Å². The van der Waals surface area contributed by atoms with Gasteiger partial charge in [0.25, 0.3) is 0 Å². The standard InChI is InChI=1S/C15H23N3O2/c1-9-3-10(2)5-11(4-9)20-15(19)13-6-12-14(7-16-13)18-8-17-12/h8-11,13,16H,3-7H2,1-2H3,(H,17,18). The molecule has 2 N–H and O–H groups in total. The Balaban J connectivity index is 1.57. The van der Waals surface area contributed by atoms with Gasteiger partial charge in [-0.2, -0.15) is 0 Å². The van der Waals surface area contributed by atoms with E-state index in [1.165, 1.54) is 6.42 Å². The zero-order chi connectivity index (χ0) is 14.1. The first kappa shape index (κ1) is 13.6. The summed E-state index contributed by atoms with van der Waals surface area (Å²) in [6, 6.07) is -0.252. The number of ether oxygens (including phenoxy) is 1. The third-order valence-corrected chi connectivity index (χ3v) is 4.43. The van der Waals surface area contributed by atoms with E-state index >= 15 is 0 Å². The molecule has 1 fully saturated rings. The maximum atomic E-state index is 12.3. The number of carbonyl (C=O) groups is 1. The molecule has 0 aromatic carbocycles. The number of nitrogens with one attached hydrogen (secondary N) is 2. The number of aromatic nitrogens is 2. The SMILES string of the molecule is CC1CC(C)CC(OC(=O)C2Cc3nc[nH]c3CN2)C1. The lowest BCUT2D eigenvalue weighted by atomic mass is 9.82. The smallest absolute Gasteiger partial charge is 0.323 e. The van der Waals surface area contributed by atoms with Crippen molar-refractivity contribution in [2.75, 3.05) is 0 Å². The Hall–Kier alpha value is -1.36. The molecule has 1 saturated carbocycles. The zero-order valence-electron chi connectivity index (χ0n) is 12.2. The van der Waals surface area contributed by atoms with Crippen molar-refractivity contribution in [1.82, 2.24) is 15.3 Å². The van der Waals surface area contributed by atoms with Crippen LogP contribution in [0.25, 0.3) is 0 Å². The Kier molecular flexibility index (Phi) is 3.78. The minimum Gasteiger partial charge on any atom is -0.461 e. The molecule has 0 amide bonds. The Bertz CT molecular complexity index is 475. The lowest BCUT2D eigenvalue weighted by Gasteiger charge is -2.32. The van der Waals surface area contributed by atoms with Crippen LogP contribution in [-0.2, 0) is 22.5 Å². The fourth-order valence-electron chi connectivity index (χ4n) is 3.55. The fourth-order valence-corrected chi connectivity index (χ4v) is 3.55. The molecule has 20 heavy (non-hydrogen) atoms. The number of aromatic amines is 1. The van der Waals surface area contributed by atoms with Crippen molar-refractivity contribution in [3.05, 3.63) is 17.7 Å². The van der Waals surface area contributed by atoms with Gasteiger partial charge in [-0.3, -0.25) is 10.1 Å². The normalized spacial score (nSPS) is 33.5. The molecule has 3 unspecified atom stereocenters. The van der Waals surface area contributed by atoms with Gasteiger partial charge in [-0.15, -0.1) is 0 Å². The quantitative estimate of drug-likeness (QED) is 0.809. The van der Waals surface area contributed by atoms with E-state index in [0.29, 0.717) is 24.8 Å². The number of rotatable bonds is 2. The van der Waals surface area contributed by atoms with Crippen LogP contribution in [0, 0.1) is 11.8 Å². The van der Waals surface area contributed by atoms with Crippen LogP contribution < -0.4 is 5.32 Å². The third-order valence-electron chi connectivity index (χ3n) is 4.43. The number of imidazole rings is 1. The minimum absolute atomic E-state index is 0.0867. The van der Waals surface area contributed by atoms with Crippen molar-refractivity contribution < 1.29 is 9.53 Å². The molecule has 2 aliphatic rings. The lowest BCUT2D eigenvalue weighted by Crippen LogP contribution is -2.44. The highest BCUT2D eigenvalue weighted by atomic mass is 16.5. The number of hydrogen-bond donors (Lipinski definition) is 2. The molecule has 1 aromatic heterocycles. The van der Waals surface area contributed by atoms with Gasteiger partial charge in [0.05, 0.1) is 17.7 Å². The van der Waals surface area contributed by atoms with Crippen molar-refractivity contribution >= 4 is 5.97 Å². The van der Waals surface area contributed by atoms with Crippen molar-refractivity contribution in [2.45, 2.75) is 58.2 Å². The highest BCUT2D eigenvalue weighted by Crippen LogP contribution is 2.30. The van der Waals surface area contributed by atoms with Gasteiger partial charge in [0.1, 0.15) is 12.1 Å². The van der Waals surface area contributed by atoms with E-state index in [0.717, 1.165) is 24.2 Å². The fraction of sp³-hybridized carbons (Fsp3) is 0.733. The van der Waals surface area contributed by atoms with Crippen molar-refractivity contribution in [3.63, 3.8) is 0 Å². The van der Waals surface area contributed by atoms with Gasteiger partial charge in [-0.05, 0) is 31.1 Å². The third kappa shape index (κ3) is 2.87. The lowest BCUT2D eigenvalue weighted by molar-refractivity contribution is -0.154. The molecule has 5 nitrogen and oxygen atoms in total. The summed E-state index contributed by atoms with van der Waals surface area (Å²) in [5.41, 5.74) is 2.06. The number of esters is 1. The topological polar surface area (TPSA) is 67.0 Å². The molecule has 3 rings (SSSR count). The van der Waals surface area contributed by atoms with Crippen molar-refractivity contribution in [1.29, 1.82) is 0 Å². The van der Waals surface area contributed by atoms with Crippen LogP contribution in [0.2, 0.25) is 0 Å². The summed E-state index contributed by atoms with van der Waals surface area (Å²) in [4.78, 5) is 19.6. The van der Waals surface area contributed by atoms with Crippen LogP contribution in [0.3, 0.4) is 0 Å². The summed E-state index contributed by atoms with van der Waals surface area (Å²) in [6.07, 6.45) is 5.63. The summed E-state index contributed by atoms with van der Waals surface area (Å²) in [5, 5.41) is 3.23. The molecular formula is C15H23N3O2. The summed E-state index contributed by atoms with van der Waals surface area (Å²) in [5.74, 6) is 1.17. The van der Waals surface area contributed by atoms with Crippen LogP contribution >= 0.6 is 0 Å². The average molecular weight is 277 g/mol. The highest BCUT2D eigenvalue weighted by molar-refractivity contribution is 5.76. The monoisotopic (exact) mass is 277 g/mol. The Morgan fingerprint density at radius 3 is 2.80 bits per heavy atom. The molecule has 1 aromatic rings. The summed E-state index contributed by atoms with van der Waals surface area (Å²) in [6.45, 7) is 5.14. The van der Waals surface area contributed by atoms with Crippen LogP contribution in [0.5, 0.6) is 0 Å². The van der Waals surface area contributed by atoms with E-state index in [1.54, 1.807) is 6.33 Å². The maximum absolute atomic E-state index is 12.3. The van der Waals surface area contributed by atoms with Crippen LogP contribution in [0.1, 0.15) is 44.5 Å². The molecular weight excluding hydrogens is 254 g/mol. The molecule has 3 atom stereocenters. The van der Waals surface area contributed by atoms with Gasteiger partial charge in [-0.25, -0.2) is 4.98 Å². The summed E-state index contributed by atoms with van der Waals surface area (Å²) < 4.78 is 5.72. The predicted molar refractivity (Wildman–Crippen MR) is 75.0 cm³/mol. The first-order valence-corrected chi connectivity index (χ1v) is 7.56. The van der Waals surface area contributed by atoms with Gasteiger partial charge < -0.3 is 9.72 Å². The minimum atomic E-state index is -0.252. The molecule has 1 aliphatic carbocycles. The molecule has 0 bridgehead atoms. The van der Waals surface area contributed by atoms with Crippen LogP contribution in [-0.4, -0.2) is 28.1 Å². The summed E-state index contributed by atoms with van der Waals surface area (Å²) >= 11 is 0. The molecule has 1 aliphatic heterocycles. The average Bonchev–Trinajstić information content (AvgIpc) is 2.84. The maximum Gasteiger partial charge on any atom is 0.323 e. The molecule has 5 heteroatoms. The van der Waals surface area contributed by atoms with Gasteiger partial charge >= 0.3 is 5.97 Å². The van der Waals surface area contributed by atoms with Gasteiger partial charge in [0.15, 0.2) is 0 Å². The van der Waals surface area contributed by atoms with E-state index in [4.69, 9.17) is 4.74 Å². The van der Waals surface area contributed by atoms with Gasteiger partial charge in [-0.1, -0.05) is 13.8 Å². The van der Waals surface area contributed by atoms with Crippen LogP contribution in [0.4, 0.5) is 0 Å². The molecule has 0 radical (unpaired) electrons. The molecule has 2 heterocycles. The summed E-state index contributed by atoms with van der Waals surface area (Å²) in [7, 11) is 0. The van der Waals surface area contributed by atoms with E-state index in [-0.39, 0.29) is 18.1 Å². The second-order valence-electron chi connectivity index (χ2n) is 6.44. The highest BCUT2D eigenvalue weighted by Gasteiger charge is 2.31. The van der Waals surface area contributed by atoms with E-state index < -0.39 is 0 Å².